The highest BCUT2D eigenvalue weighted by atomic mass is 16.2. The number of nitrogens with one attached hydrogen (secondary N) is 1. The number of likely N-dealkylation sites (N-methyl/N-ethyl adjacent to an activating group) is 1. The predicted octanol–water partition coefficient (Wildman–Crippen LogP) is 0.423. The molecule has 22 heavy (non-hydrogen) atoms. The quantitative estimate of drug-likeness (QED) is 0.830. The second-order valence-electron chi connectivity index (χ2n) is 6.14. The summed E-state index contributed by atoms with van der Waals surface area (Å²) in [7, 11) is 3.69. The van der Waals surface area contributed by atoms with Crippen LogP contribution >= 0.6 is 0 Å². The Morgan fingerprint density at radius 1 is 1.27 bits per heavy atom. The van der Waals surface area contributed by atoms with Gasteiger partial charge in [-0.2, -0.15) is 0 Å². The van der Waals surface area contributed by atoms with E-state index in [4.69, 9.17) is 0 Å². The van der Waals surface area contributed by atoms with Crippen LogP contribution in [0.25, 0.3) is 11.0 Å². The number of likely N-dealkylation sites (tertiary alicyclic amines) is 1. The number of fused-ring (bicyclic) bond motifs is 1. The van der Waals surface area contributed by atoms with E-state index in [1.165, 1.54) is 0 Å². The third kappa shape index (κ3) is 1.65. The van der Waals surface area contributed by atoms with Crippen LogP contribution in [-0.2, 0) is 7.05 Å². The molecule has 2 fully saturated rings. The van der Waals surface area contributed by atoms with Crippen molar-refractivity contribution in [3.05, 3.63) is 30.1 Å². The smallest absolute Gasteiger partial charge is 0.317 e. The van der Waals surface area contributed by atoms with Crippen LogP contribution in [0.5, 0.6) is 0 Å². The molecule has 4 rings (SSSR count). The van der Waals surface area contributed by atoms with Crippen LogP contribution < -0.4 is 5.32 Å². The molecule has 4 heterocycles. The summed E-state index contributed by atoms with van der Waals surface area (Å²) < 4.78 is 1.90. The van der Waals surface area contributed by atoms with Crippen LogP contribution in [0.3, 0.4) is 0 Å². The molecule has 3 amide bonds. The van der Waals surface area contributed by atoms with E-state index in [9.17, 15) is 9.59 Å². The SMILES string of the molecule is CN1C(=O)NCC12CN(C(=O)c1ccc3ccn(C)c3n1)C2. The monoisotopic (exact) mass is 299 g/mol. The van der Waals surface area contributed by atoms with E-state index in [0.29, 0.717) is 25.3 Å². The molecule has 2 aliphatic heterocycles. The molecule has 7 nitrogen and oxygen atoms in total. The Hall–Kier alpha value is -2.57. The van der Waals surface area contributed by atoms with Crippen molar-refractivity contribution in [3.63, 3.8) is 0 Å². The van der Waals surface area contributed by atoms with Crippen LogP contribution in [0.1, 0.15) is 10.5 Å². The first kappa shape index (κ1) is 13.1. The number of pyridine rings is 1. The Labute approximate surface area is 127 Å². The molecular weight excluding hydrogens is 282 g/mol. The minimum atomic E-state index is -0.248. The van der Waals surface area contributed by atoms with E-state index >= 15 is 0 Å². The lowest BCUT2D eigenvalue weighted by molar-refractivity contribution is 0.00737. The predicted molar refractivity (Wildman–Crippen MR) is 80.5 cm³/mol. The average Bonchev–Trinajstić information content (AvgIpc) is 2.99. The second kappa shape index (κ2) is 4.22. The van der Waals surface area contributed by atoms with Crippen molar-refractivity contribution in [2.75, 3.05) is 26.7 Å². The van der Waals surface area contributed by atoms with Crippen LogP contribution in [0.2, 0.25) is 0 Å². The molecule has 1 N–H and O–H groups in total. The van der Waals surface area contributed by atoms with Gasteiger partial charge in [0, 0.05) is 45.3 Å². The number of nitrogens with zero attached hydrogens (tertiary/aromatic N) is 4. The zero-order valence-corrected chi connectivity index (χ0v) is 12.5. The van der Waals surface area contributed by atoms with Gasteiger partial charge in [-0.1, -0.05) is 0 Å². The van der Waals surface area contributed by atoms with Gasteiger partial charge in [0.25, 0.3) is 5.91 Å². The highest BCUT2D eigenvalue weighted by Gasteiger charge is 2.53. The normalized spacial score (nSPS) is 19.6. The van der Waals surface area contributed by atoms with Gasteiger partial charge in [-0.05, 0) is 18.2 Å². The zero-order chi connectivity index (χ0) is 15.5. The van der Waals surface area contributed by atoms with Crippen molar-refractivity contribution in [1.29, 1.82) is 0 Å². The molecule has 0 unspecified atom stereocenters. The number of urea groups is 1. The molecule has 2 aliphatic rings. The fraction of sp³-hybridized carbons (Fsp3) is 0.400. The van der Waals surface area contributed by atoms with Gasteiger partial charge in [0.2, 0.25) is 0 Å². The maximum absolute atomic E-state index is 12.6. The number of rotatable bonds is 1. The molecule has 0 aliphatic carbocycles. The summed E-state index contributed by atoms with van der Waals surface area (Å²) in [6, 6.07) is 5.57. The summed E-state index contributed by atoms with van der Waals surface area (Å²) in [6.45, 7) is 1.69. The molecule has 0 radical (unpaired) electrons. The molecule has 0 atom stereocenters. The van der Waals surface area contributed by atoms with Gasteiger partial charge in [0.15, 0.2) is 0 Å². The van der Waals surface area contributed by atoms with Crippen LogP contribution in [0.15, 0.2) is 24.4 Å². The number of amides is 3. The van der Waals surface area contributed by atoms with Crippen molar-refractivity contribution >= 4 is 23.0 Å². The molecule has 2 saturated heterocycles. The third-order valence-electron chi connectivity index (χ3n) is 4.78. The van der Waals surface area contributed by atoms with Gasteiger partial charge in [-0.15, -0.1) is 0 Å². The number of aryl methyl sites for hydroxylation is 1. The fourth-order valence-corrected chi connectivity index (χ4v) is 3.24. The average molecular weight is 299 g/mol. The Bertz CT molecular complexity index is 790. The number of hydrogen-bond donors (Lipinski definition) is 1. The van der Waals surface area contributed by atoms with Crippen LogP contribution in [-0.4, -0.2) is 63.5 Å². The molecule has 0 saturated carbocycles. The first-order valence-electron chi connectivity index (χ1n) is 7.23. The summed E-state index contributed by atoms with van der Waals surface area (Å²) in [6.07, 6.45) is 1.93. The Kier molecular flexibility index (Phi) is 2.52. The molecule has 7 heteroatoms. The topological polar surface area (TPSA) is 70.5 Å². The van der Waals surface area contributed by atoms with E-state index in [2.05, 4.69) is 10.3 Å². The van der Waals surface area contributed by atoms with E-state index in [1.807, 2.05) is 29.9 Å². The van der Waals surface area contributed by atoms with E-state index in [0.717, 1.165) is 11.0 Å². The molecule has 0 aromatic carbocycles. The molecule has 114 valence electrons. The maximum atomic E-state index is 12.6. The Morgan fingerprint density at radius 3 is 2.73 bits per heavy atom. The van der Waals surface area contributed by atoms with E-state index < -0.39 is 0 Å². The van der Waals surface area contributed by atoms with Crippen molar-refractivity contribution < 1.29 is 9.59 Å². The van der Waals surface area contributed by atoms with Crippen molar-refractivity contribution in [3.8, 4) is 0 Å². The maximum Gasteiger partial charge on any atom is 0.317 e. The number of hydrogen-bond acceptors (Lipinski definition) is 3. The zero-order valence-electron chi connectivity index (χ0n) is 12.5. The molecule has 1 spiro atoms. The van der Waals surface area contributed by atoms with Crippen molar-refractivity contribution in [1.82, 2.24) is 24.7 Å². The lowest BCUT2D eigenvalue weighted by Gasteiger charge is -2.50. The first-order chi connectivity index (χ1) is 10.5. The lowest BCUT2D eigenvalue weighted by Crippen LogP contribution is -2.70. The standard InChI is InChI=1S/C15H17N5O2/c1-18-6-5-10-3-4-11(17-12(10)18)13(21)20-8-15(9-20)7-16-14(22)19(15)2/h3-6H,7-9H2,1-2H3,(H,16,22). The second-order valence-corrected chi connectivity index (χ2v) is 6.14. The summed E-state index contributed by atoms with van der Waals surface area (Å²) in [4.78, 5) is 32.0. The van der Waals surface area contributed by atoms with Crippen LogP contribution in [0.4, 0.5) is 4.79 Å². The largest absolute Gasteiger partial charge is 0.336 e. The number of aromatic nitrogens is 2. The molecular formula is C15H17N5O2. The minimum absolute atomic E-state index is 0.0737. The van der Waals surface area contributed by atoms with E-state index in [1.54, 1.807) is 22.9 Å². The van der Waals surface area contributed by atoms with E-state index in [-0.39, 0.29) is 17.5 Å². The fourth-order valence-electron chi connectivity index (χ4n) is 3.24. The Balaban J connectivity index is 1.55. The highest BCUT2D eigenvalue weighted by Crippen LogP contribution is 2.31. The van der Waals surface area contributed by atoms with Gasteiger partial charge >= 0.3 is 6.03 Å². The summed E-state index contributed by atoms with van der Waals surface area (Å²) in [5.74, 6) is -0.0820. The highest BCUT2D eigenvalue weighted by molar-refractivity contribution is 5.95. The first-order valence-corrected chi connectivity index (χ1v) is 7.23. The Morgan fingerprint density at radius 2 is 2.05 bits per heavy atom. The van der Waals surface area contributed by atoms with Crippen molar-refractivity contribution in [2.24, 2.45) is 7.05 Å². The number of carbonyl (C=O) groups is 2. The van der Waals surface area contributed by atoms with Gasteiger partial charge in [-0.25, -0.2) is 9.78 Å². The summed E-state index contributed by atoms with van der Waals surface area (Å²) in [5.41, 5.74) is 1.00. The third-order valence-corrected chi connectivity index (χ3v) is 4.78. The molecule has 2 aromatic rings. The number of carbonyl (C=O) groups excluding carboxylic acids is 2. The lowest BCUT2D eigenvalue weighted by atomic mass is 9.89. The van der Waals surface area contributed by atoms with Gasteiger partial charge in [0.05, 0.1) is 5.54 Å². The van der Waals surface area contributed by atoms with Gasteiger partial charge in [0.1, 0.15) is 11.3 Å². The molecule has 2 aromatic heterocycles. The minimum Gasteiger partial charge on any atom is -0.336 e. The summed E-state index contributed by atoms with van der Waals surface area (Å²) >= 11 is 0. The summed E-state index contributed by atoms with van der Waals surface area (Å²) in [5, 5.41) is 3.84. The van der Waals surface area contributed by atoms with Gasteiger partial charge < -0.3 is 19.7 Å². The molecule has 0 bridgehead atoms. The van der Waals surface area contributed by atoms with Crippen molar-refractivity contribution in [2.45, 2.75) is 5.54 Å². The van der Waals surface area contributed by atoms with Crippen LogP contribution in [0, 0.1) is 0 Å². The van der Waals surface area contributed by atoms with Gasteiger partial charge in [-0.3, -0.25) is 4.79 Å².